The number of carbonyl (C=O) groups is 2. The number of benzene rings is 1. The Bertz CT molecular complexity index is 532. The van der Waals surface area contributed by atoms with Gasteiger partial charge in [0.15, 0.2) is 0 Å². The van der Waals surface area contributed by atoms with Gasteiger partial charge in [0, 0.05) is 12.1 Å². The lowest BCUT2D eigenvalue weighted by atomic mass is 10.1. The smallest absolute Gasteiger partial charge is 0.378 e. The number of hydrogen-bond donors (Lipinski definition) is 1. The van der Waals surface area contributed by atoms with Crippen molar-refractivity contribution in [1.29, 1.82) is 0 Å². The summed E-state index contributed by atoms with van der Waals surface area (Å²) >= 11 is 0. The Balaban J connectivity index is 3.14. The summed E-state index contributed by atoms with van der Waals surface area (Å²) in [5.74, 6) is -1.50. The molecule has 0 aliphatic heterocycles. The topological polar surface area (TPSA) is 82.1 Å². The lowest BCUT2D eigenvalue weighted by molar-refractivity contribution is -0.149. The zero-order chi connectivity index (χ0) is 15.1. The number of carbonyl (C=O) groups excluding carboxylic acids is 2. The lowest BCUT2D eigenvalue weighted by Gasteiger charge is -2.11. The molecular formula is C14H16O6. The minimum Gasteiger partial charge on any atom is -0.507 e. The van der Waals surface area contributed by atoms with Crippen LogP contribution in [0, 0.1) is 0 Å². The third-order valence-electron chi connectivity index (χ3n) is 2.42. The maximum atomic E-state index is 11.4. The van der Waals surface area contributed by atoms with Crippen molar-refractivity contribution in [2.45, 2.75) is 6.92 Å². The van der Waals surface area contributed by atoms with Crippen LogP contribution < -0.4 is 9.47 Å². The molecule has 0 amide bonds. The summed E-state index contributed by atoms with van der Waals surface area (Å²) in [7, 11) is 2.59. The number of rotatable bonds is 6. The molecule has 0 atom stereocenters. The van der Waals surface area contributed by atoms with E-state index >= 15 is 0 Å². The van der Waals surface area contributed by atoms with E-state index in [2.05, 4.69) is 4.74 Å². The number of aliphatic hydroxyl groups is 1. The second kappa shape index (κ2) is 7.18. The monoisotopic (exact) mass is 280 g/mol. The molecule has 6 heteroatoms. The summed E-state index contributed by atoms with van der Waals surface area (Å²) in [4.78, 5) is 22.4. The van der Waals surface area contributed by atoms with Crippen LogP contribution in [-0.2, 0) is 14.3 Å². The van der Waals surface area contributed by atoms with E-state index < -0.39 is 11.8 Å². The summed E-state index contributed by atoms with van der Waals surface area (Å²) in [6, 6.07) is 4.70. The lowest BCUT2D eigenvalue weighted by Crippen LogP contribution is -2.13. The maximum absolute atomic E-state index is 11.4. The first-order valence-electron chi connectivity index (χ1n) is 5.87. The van der Waals surface area contributed by atoms with E-state index in [9.17, 15) is 14.7 Å². The molecule has 1 aromatic rings. The standard InChI is InChI=1S/C14H16O6/c1-4-20-13-7-9(18-2)5-6-10(13)11(15)8-12(16)14(17)19-3/h5-8,15H,4H2,1-3H3/b11-8-. The maximum Gasteiger partial charge on any atom is 0.378 e. The van der Waals surface area contributed by atoms with Crippen LogP contribution in [0.4, 0.5) is 0 Å². The normalized spacial score (nSPS) is 10.8. The molecule has 0 aliphatic carbocycles. The molecule has 0 fully saturated rings. The number of ketones is 1. The van der Waals surface area contributed by atoms with E-state index in [1.54, 1.807) is 19.1 Å². The molecule has 0 heterocycles. The molecule has 0 bridgehead atoms. The van der Waals surface area contributed by atoms with Crippen LogP contribution in [0.2, 0.25) is 0 Å². The fraction of sp³-hybridized carbons (Fsp3) is 0.286. The molecule has 6 nitrogen and oxygen atoms in total. The minimum atomic E-state index is -1.05. The molecule has 1 aromatic carbocycles. The molecule has 0 spiro atoms. The molecule has 0 saturated heterocycles. The van der Waals surface area contributed by atoms with E-state index in [0.29, 0.717) is 18.1 Å². The van der Waals surface area contributed by atoms with E-state index in [1.165, 1.54) is 13.2 Å². The number of methoxy groups -OCH3 is 2. The van der Waals surface area contributed by atoms with Gasteiger partial charge in [0.05, 0.1) is 26.4 Å². The Kier molecular flexibility index (Phi) is 5.58. The summed E-state index contributed by atoms with van der Waals surface area (Å²) in [5, 5.41) is 9.92. The average Bonchev–Trinajstić information content (AvgIpc) is 2.46. The van der Waals surface area contributed by atoms with Crippen LogP contribution in [0.3, 0.4) is 0 Å². The van der Waals surface area contributed by atoms with Gasteiger partial charge in [-0.2, -0.15) is 0 Å². The highest BCUT2D eigenvalue weighted by Crippen LogP contribution is 2.29. The van der Waals surface area contributed by atoms with Crippen molar-refractivity contribution in [3.8, 4) is 11.5 Å². The van der Waals surface area contributed by atoms with E-state index in [-0.39, 0.29) is 11.3 Å². The van der Waals surface area contributed by atoms with Crippen molar-refractivity contribution in [1.82, 2.24) is 0 Å². The second-order valence-electron chi connectivity index (χ2n) is 3.68. The van der Waals surface area contributed by atoms with Crippen molar-refractivity contribution in [3.05, 3.63) is 29.8 Å². The molecule has 0 aromatic heterocycles. The number of esters is 1. The van der Waals surface area contributed by atoms with Gasteiger partial charge in [0.2, 0.25) is 0 Å². The zero-order valence-corrected chi connectivity index (χ0v) is 11.5. The average molecular weight is 280 g/mol. The van der Waals surface area contributed by atoms with Crippen LogP contribution in [0.25, 0.3) is 5.76 Å². The third-order valence-corrected chi connectivity index (χ3v) is 2.42. The van der Waals surface area contributed by atoms with Crippen molar-refractivity contribution in [3.63, 3.8) is 0 Å². The van der Waals surface area contributed by atoms with Gasteiger partial charge in [-0.15, -0.1) is 0 Å². The molecule has 0 aliphatic rings. The first-order chi connectivity index (χ1) is 9.53. The predicted molar refractivity (Wildman–Crippen MR) is 71.8 cm³/mol. The molecule has 0 radical (unpaired) electrons. The van der Waals surface area contributed by atoms with Gasteiger partial charge in [-0.25, -0.2) is 4.79 Å². The largest absolute Gasteiger partial charge is 0.507 e. The Morgan fingerprint density at radius 2 is 2.00 bits per heavy atom. The number of aliphatic hydroxyl groups excluding tert-OH is 1. The first-order valence-corrected chi connectivity index (χ1v) is 5.87. The van der Waals surface area contributed by atoms with E-state index in [1.807, 2.05) is 0 Å². The fourth-order valence-corrected chi connectivity index (χ4v) is 1.48. The zero-order valence-electron chi connectivity index (χ0n) is 11.5. The van der Waals surface area contributed by atoms with Crippen molar-refractivity contribution in [2.75, 3.05) is 20.8 Å². The molecule has 20 heavy (non-hydrogen) atoms. The quantitative estimate of drug-likeness (QED) is 0.370. The highest BCUT2D eigenvalue weighted by atomic mass is 16.5. The summed E-state index contributed by atoms with van der Waals surface area (Å²) in [6.45, 7) is 2.15. The summed E-state index contributed by atoms with van der Waals surface area (Å²) in [6.07, 6.45) is 0.788. The van der Waals surface area contributed by atoms with Gasteiger partial charge in [-0.1, -0.05) is 0 Å². The molecule has 0 saturated carbocycles. The van der Waals surface area contributed by atoms with Crippen LogP contribution in [0.15, 0.2) is 24.3 Å². The molecular weight excluding hydrogens is 264 g/mol. The van der Waals surface area contributed by atoms with Crippen LogP contribution in [0.1, 0.15) is 12.5 Å². The SMILES string of the molecule is CCOc1cc(OC)ccc1/C(O)=C/C(=O)C(=O)OC. The van der Waals surface area contributed by atoms with Gasteiger partial charge in [0.1, 0.15) is 17.3 Å². The van der Waals surface area contributed by atoms with Crippen molar-refractivity contribution in [2.24, 2.45) is 0 Å². The Hall–Kier alpha value is -2.50. The Morgan fingerprint density at radius 1 is 1.30 bits per heavy atom. The highest BCUT2D eigenvalue weighted by molar-refractivity contribution is 6.39. The van der Waals surface area contributed by atoms with Crippen LogP contribution in [-0.4, -0.2) is 37.7 Å². The summed E-state index contributed by atoms with van der Waals surface area (Å²) < 4.78 is 14.7. The van der Waals surface area contributed by atoms with Crippen molar-refractivity contribution < 1.29 is 28.9 Å². The summed E-state index contributed by atoms with van der Waals surface area (Å²) in [5.41, 5.74) is 0.282. The Morgan fingerprint density at radius 3 is 2.55 bits per heavy atom. The molecule has 1 N–H and O–H groups in total. The predicted octanol–water partition coefficient (Wildman–Crippen LogP) is 1.73. The molecule has 0 unspecified atom stereocenters. The minimum absolute atomic E-state index is 0.282. The number of ether oxygens (including phenoxy) is 3. The first kappa shape index (κ1) is 15.6. The molecule has 1 rings (SSSR count). The highest BCUT2D eigenvalue weighted by Gasteiger charge is 2.15. The second-order valence-corrected chi connectivity index (χ2v) is 3.68. The Labute approximate surface area is 116 Å². The van der Waals surface area contributed by atoms with Gasteiger partial charge >= 0.3 is 5.97 Å². The molecule has 108 valence electrons. The van der Waals surface area contributed by atoms with E-state index in [4.69, 9.17) is 9.47 Å². The third kappa shape index (κ3) is 3.74. The number of hydrogen-bond acceptors (Lipinski definition) is 6. The van der Waals surface area contributed by atoms with E-state index in [0.717, 1.165) is 13.2 Å². The van der Waals surface area contributed by atoms with Crippen LogP contribution >= 0.6 is 0 Å². The van der Waals surface area contributed by atoms with Gasteiger partial charge < -0.3 is 19.3 Å². The fourth-order valence-electron chi connectivity index (χ4n) is 1.48. The van der Waals surface area contributed by atoms with Gasteiger partial charge in [0.25, 0.3) is 5.78 Å². The van der Waals surface area contributed by atoms with Crippen LogP contribution in [0.5, 0.6) is 11.5 Å². The van der Waals surface area contributed by atoms with Gasteiger partial charge in [-0.05, 0) is 19.1 Å². The van der Waals surface area contributed by atoms with Gasteiger partial charge in [-0.3, -0.25) is 4.79 Å². The van der Waals surface area contributed by atoms with Crippen molar-refractivity contribution >= 4 is 17.5 Å².